The molecule has 0 radical (unpaired) electrons. The van der Waals surface area contributed by atoms with Gasteiger partial charge in [-0.15, -0.1) is 0 Å². The van der Waals surface area contributed by atoms with E-state index in [4.69, 9.17) is 0 Å². The zero-order chi connectivity index (χ0) is 16.4. The van der Waals surface area contributed by atoms with E-state index in [1.54, 1.807) is 10.9 Å². The maximum atomic E-state index is 12.4. The van der Waals surface area contributed by atoms with Gasteiger partial charge in [0.05, 0.1) is 23.5 Å². The summed E-state index contributed by atoms with van der Waals surface area (Å²) < 4.78 is 1.80. The third-order valence-corrected chi connectivity index (χ3v) is 3.91. The van der Waals surface area contributed by atoms with Crippen LogP contribution in [0.3, 0.4) is 0 Å². The van der Waals surface area contributed by atoms with Gasteiger partial charge in [-0.3, -0.25) is 9.48 Å². The van der Waals surface area contributed by atoms with Gasteiger partial charge in [0, 0.05) is 32.4 Å². The lowest BCUT2D eigenvalue weighted by Gasteiger charge is -2.14. The van der Waals surface area contributed by atoms with Crippen LogP contribution in [-0.4, -0.2) is 34.8 Å². The lowest BCUT2D eigenvalue weighted by Crippen LogP contribution is -2.20. The molecule has 0 bridgehead atoms. The van der Waals surface area contributed by atoms with Crippen LogP contribution in [0.5, 0.6) is 0 Å². The molecule has 1 N–H and O–H groups in total. The van der Waals surface area contributed by atoms with E-state index in [-0.39, 0.29) is 11.8 Å². The number of carbonyl (C=O) groups excluding carboxylic acids is 1. The third-order valence-electron chi connectivity index (χ3n) is 3.91. The number of anilines is 2. The van der Waals surface area contributed by atoms with Gasteiger partial charge in [0.1, 0.15) is 5.82 Å². The summed E-state index contributed by atoms with van der Waals surface area (Å²) in [4.78, 5) is 18.7. The van der Waals surface area contributed by atoms with Gasteiger partial charge < -0.3 is 10.2 Å². The van der Waals surface area contributed by atoms with E-state index in [0.717, 1.165) is 22.6 Å². The number of aromatic nitrogens is 3. The van der Waals surface area contributed by atoms with Crippen molar-refractivity contribution in [2.24, 2.45) is 7.05 Å². The van der Waals surface area contributed by atoms with Crippen molar-refractivity contribution < 1.29 is 4.79 Å². The third kappa shape index (κ3) is 3.10. The second-order valence-electron chi connectivity index (χ2n) is 5.72. The molecule has 2 rings (SSSR count). The molecule has 2 aromatic heterocycles. The highest BCUT2D eigenvalue weighted by Gasteiger charge is 2.22. The van der Waals surface area contributed by atoms with Crippen molar-refractivity contribution >= 4 is 17.4 Å². The molecule has 118 valence electrons. The van der Waals surface area contributed by atoms with Gasteiger partial charge in [0.15, 0.2) is 0 Å². The normalized spacial score (nSPS) is 12.1. The zero-order valence-corrected chi connectivity index (χ0v) is 14.0. The summed E-state index contributed by atoms with van der Waals surface area (Å²) in [6.45, 7) is 5.79. The second-order valence-corrected chi connectivity index (χ2v) is 5.72. The van der Waals surface area contributed by atoms with Gasteiger partial charge in [-0.2, -0.15) is 5.10 Å². The van der Waals surface area contributed by atoms with Crippen molar-refractivity contribution in [3.8, 4) is 0 Å². The van der Waals surface area contributed by atoms with E-state index in [9.17, 15) is 4.79 Å². The molecule has 0 aliphatic carbocycles. The lowest BCUT2D eigenvalue weighted by molar-refractivity contribution is -0.117. The molecular formula is C16H23N5O. The molecule has 0 fully saturated rings. The average molecular weight is 301 g/mol. The Morgan fingerprint density at radius 2 is 2.00 bits per heavy atom. The summed E-state index contributed by atoms with van der Waals surface area (Å²) >= 11 is 0. The quantitative estimate of drug-likeness (QED) is 0.940. The van der Waals surface area contributed by atoms with Gasteiger partial charge >= 0.3 is 0 Å². The Morgan fingerprint density at radius 3 is 2.45 bits per heavy atom. The lowest BCUT2D eigenvalue weighted by atomic mass is 9.98. The van der Waals surface area contributed by atoms with Gasteiger partial charge in [-0.25, -0.2) is 4.98 Å². The zero-order valence-electron chi connectivity index (χ0n) is 14.0. The number of amides is 1. The van der Waals surface area contributed by atoms with Crippen LogP contribution in [0, 0.1) is 13.8 Å². The number of rotatable bonds is 4. The van der Waals surface area contributed by atoms with Crippen molar-refractivity contribution in [2.45, 2.75) is 26.7 Å². The van der Waals surface area contributed by atoms with E-state index in [2.05, 4.69) is 15.4 Å². The standard InChI is InChI=1S/C16H23N5O/c1-10(15-11(2)19-21(6)12(15)3)16(22)18-14-8-7-13(9-17-14)20(4)5/h7-10H,1-6H3,(H,17,18,22). The Balaban J connectivity index is 2.14. The molecule has 0 aliphatic rings. The second kappa shape index (κ2) is 6.17. The first-order valence-electron chi connectivity index (χ1n) is 7.25. The van der Waals surface area contributed by atoms with Crippen molar-refractivity contribution in [2.75, 3.05) is 24.3 Å². The van der Waals surface area contributed by atoms with E-state index in [1.807, 2.05) is 58.9 Å². The first kappa shape index (κ1) is 16.0. The van der Waals surface area contributed by atoms with Crippen molar-refractivity contribution in [3.63, 3.8) is 0 Å². The number of pyridine rings is 1. The number of nitrogens with one attached hydrogen (secondary N) is 1. The SMILES string of the molecule is Cc1nn(C)c(C)c1C(C)C(=O)Nc1ccc(N(C)C)cn1. The van der Waals surface area contributed by atoms with E-state index < -0.39 is 0 Å². The van der Waals surface area contributed by atoms with Gasteiger partial charge in [-0.05, 0) is 32.9 Å². The number of hydrogen-bond acceptors (Lipinski definition) is 4. The maximum absolute atomic E-state index is 12.4. The van der Waals surface area contributed by atoms with Gasteiger partial charge in [0.25, 0.3) is 0 Å². The first-order valence-corrected chi connectivity index (χ1v) is 7.25. The van der Waals surface area contributed by atoms with E-state index in [0.29, 0.717) is 5.82 Å². The Bertz CT molecular complexity index is 673. The van der Waals surface area contributed by atoms with Crippen LogP contribution in [0.25, 0.3) is 0 Å². The number of carbonyl (C=O) groups is 1. The van der Waals surface area contributed by atoms with Crippen LogP contribution >= 0.6 is 0 Å². The molecule has 22 heavy (non-hydrogen) atoms. The molecule has 6 heteroatoms. The Hall–Kier alpha value is -2.37. The molecule has 1 unspecified atom stereocenters. The molecule has 2 aromatic rings. The highest BCUT2D eigenvalue weighted by Crippen LogP contribution is 2.24. The Morgan fingerprint density at radius 1 is 1.32 bits per heavy atom. The molecule has 0 aromatic carbocycles. The highest BCUT2D eigenvalue weighted by atomic mass is 16.1. The fourth-order valence-corrected chi connectivity index (χ4v) is 2.51. The van der Waals surface area contributed by atoms with Crippen LogP contribution in [0.15, 0.2) is 18.3 Å². The molecule has 0 saturated heterocycles. The van der Waals surface area contributed by atoms with Crippen molar-refractivity contribution in [1.82, 2.24) is 14.8 Å². The van der Waals surface area contributed by atoms with Gasteiger partial charge in [-0.1, -0.05) is 0 Å². The topological polar surface area (TPSA) is 63.1 Å². The minimum absolute atomic E-state index is 0.0793. The summed E-state index contributed by atoms with van der Waals surface area (Å²) in [5, 5.41) is 7.23. The molecule has 1 amide bonds. The first-order chi connectivity index (χ1) is 10.3. The van der Waals surface area contributed by atoms with Crippen molar-refractivity contribution in [3.05, 3.63) is 35.3 Å². The predicted molar refractivity (Wildman–Crippen MR) is 88.3 cm³/mol. The fraction of sp³-hybridized carbons (Fsp3) is 0.438. The van der Waals surface area contributed by atoms with Crippen LogP contribution < -0.4 is 10.2 Å². The van der Waals surface area contributed by atoms with Crippen LogP contribution in [-0.2, 0) is 11.8 Å². The Kier molecular flexibility index (Phi) is 4.49. The molecule has 0 saturated carbocycles. The summed E-state index contributed by atoms with van der Waals surface area (Å²) in [7, 11) is 5.79. The minimum atomic E-state index is -0.274. The fourth-order valence-electron chi connectivity index (χ4n) is 2.51. The molecular weight excluding hydrogens is 278 g/mol. The summed E-state index contributed by atoms with van der Waals surface area (Å²) in [6.07, 6.45) is 1.74. The minimum Gasteiger partial charge on any atom is -0.376 e. The molecule has 0 spiro atoms. The smallest absolute Gasteiger partial charge is 0.232 e. The molecule has 0 aliphatic heterocycles. The van der Waals surface area contributed by atoms with E-state index >= 15 is 0 Å². The molecule has 1 atom stereocenters. The summed E-state index contributed by atoms with van der Waals surface area (Å²) in [5.41, 5.74) is 3.87. The maximum Gasteiger partial charge on any atom is 0.232 e. The number of nitrogens with zero attached hydrogens (tertiary/aromatic N) is 4. The average Bonchev–Trinajstić information content (AvgIpc) is 2.72. The van der Waals surface area contributed by atoms with E-state index in [1.165, 1.54) is 0 Å². The Labute approximate surface area is 131 Å². The summed E-state index contributed by atoms with van der Waals surface area (Å²) in [6, 6.07) is 3.73. The molecule has 2 heterocycles. The number of aryl methyl sites for hydroxylation is 2. The van der Waals surface area contributed by atoms with Crippen molar-refractivity contribution in [1.29, 1.82) is 0 Å². The monoisotopic (exact) mass is 301 g/mol. The predicted octanol–water partition coefficient (Wildman–Crippen LogP) is 2.24. The van der Waals surface area contributed by atoms with Gasteiger partial charge in [0.2, 0.25) is 5.91 Å². The van der Waals surface area contributed by atoms with Crippen LogP contribution in [0.2, 0.25) is 0 Å². The van der Waals surface area contributed by atoms with Crippen LogP contribution in [0.1, 0.15) is 29.8 Å². The highest BCUT2D eigenvalue weighted by molar-refractivity contribution is 5.95. The number of hydrogen-bond donors (Lipinski definition) is 1. The largest absolute Gasteiger partial charge is 0.376 e. The summed E-state index contributed by atoms with van der Waals surface area (Å²) in [5.74, 6) is 0.204. The molecule has 6 nitrogen and oxygen atoms in total. The van der Waals surface area contributed by atoms with Crippen LogP contribution in [0.4, 0.5) is 11.5 Å².